The Morgan fingerprint density at radius 2 is 2.10 bits per heavy atom. The topological polar surface area (TPSA) is 92.4 Å². The summed E-state index contributed by atoms with van der Waals surface area (Å²) in [7, 11) is 2.92. The fraction of sp³-hybridized carbons (Fsp3) is 0.667. The van der Waals surface area contributed by atoms with E-state index in [0.717, 1.165) is 0 Å². The molecule has 1 rings (SSSR count). The minimum Gasteiger partial charge on any atom is -0.383 e. The van der Waals surface area contributed by atoms with Crippen molar-refractivity contribution in [3.63, 3.8) is 0 Å². The van der Waals surface area contributed by atoms with Crippen molar-refractivity contribution >= 4 is 25.6 Å². The van der Waals surface area contributed by atoms with E-state index >= 15 is 0 Å². The Morgan fingerprint density at radius 3 is 2.52 bits per heavy atom. The number of aromatic nitrogens is 2. The Labute approximate surface area is 129 Å². The van der Waals surface area contributed by atoms with Crippen molar-refractivity contribution in [3.8, 4) is 0 Å². The highest BCUT2D eigenvalue weighted by Gasteiger charge is 2.31. The zero-order chi connectivity index (χ0) is 16.2. The number of rotatable bonds is 7. The van der Waals surface area contributed by atoms with Crippen molar-refractivity contribution < 1.29 is 17.9 Å². The molecule has 1 aromatic rings. The highest BCUT2D eigenvalue weighted by molar-refractivity contribution is 8.13. The molecule has 0 aliphatic rings. The number of amides is 1. The van der Waals surface area contributed by atoms with E-state index in [1.807, 2.05) is 6.92 Å². The van der Waals surface area contributed by atoms with Gasteiger partial charge in [0.05, 0.1) is 18.3 Å². The van der Waals surface area contributed by atoms with Gasteiger partial charge in [0, 0.05) is 24.3 Å². The number of H-pyrrole nitrogens is 1. The number of carbonyl (C=O) groups excluding carboxylic acids is 1. The second-order valence-electron chi connectivity index (χ2n) is 4.57. The molecule has 0 spiro atoms. The lowest BCUT2D eigenvalue weighted by molar-refractivity contribution is 0.0570. The standard InChI is InChI=1S/C12H20ClN3O4S/c1-5-9-11(21(13,18)19)10(15-14-9)12(17)16(6-2)8(3)7-20-4/h8H,5-7H2,1-4H3,(H,14,15). The Morgan fingerprint density at radius 1 is 1.48 bits per heavy atom. The maximum absolute atomic E-state index is 12.6. The third-order valence-corrected chi connectivity index (χ3v) is 4.52. The van der Waals surface area contributed by atoms with Crippen LogP contribution in [0.5, 0.6) is 0 Å². The number of aryl methyl sites for hydroxylation is 1. The summed E-state index contributed by atoms with van der Waals surface area (Å²) >= 11 is 0. The van der Waals surface area contributed by atoms with Crippen molar-refractivity contribution in [2.75, 3.05) is 20.3 Å². The first-order valence-electron chi connectivity index (χ1n) is 6.59. The highest BCUT2D eigenvalue weighted by Crippen LogP contribution is 2.24. The number of hydrogen-bond acceptors (Lipinski definition) is 5. The lowest BCUT2D eigenvalue weighted by Gasteiger charge is -2.27. The van der Waals surface area contributed by atoms with Gasteiger partial charge >= 0.3 is 0 Å². The molecule has 0 aliphatic carbocycles. The molecular formula is C12H20ClN3O4S. The van der Waals surface area contributed by atoms with Gasteiger partial charge in [-0.3, -0.25) is 9.89 Å². The Hall–Kier alpha value is -1.12. The van der Waals surface area contributed by atoms with Gasteiger partial charge in [-0.1, -0.05) is 6.92 Å². The van der Waals surface area contributed by atoms with E-state index in [4.69, 9.17) is 15.4 Å². The summed E-state index contributed by atoms with van der Waals surface area (Å²) < 4.78 is 28.5. The lowest BCUT2D eigenvalue weighted by atomic mass is 10.2. The lowest BCUT2D eigenvalue weighted by Crippen LogP contribution is -2.41. The SMILES string of the molecule is CCc1[nH]nc(C(=O)N(CC)C(C)COC)c1S(=O)(=O)Cl. The van der Waals surface area contributed by atoms with Crippen molar-refractivity contribution in [1.82, 2.24) is 15.1 Å². The van der Waals surface area contributed by atoms with Crippen LogP contribution in [0.3, 0.4) is 0 Å². The number of hydrogen-bond donors (Lipinski definition) is 1. The largest absolute Gasteiger partial charge is 0.383 e. The molecule has 0 fully saturated rings. The summed E-state index contributed by atoms with van der Waals surface area (Å²) in [4.78, 5) is 13.8. The number of ether oxygens (including phenoxy) is 1. The molecular weight excluding hydrogens is 318 g/mol. The predicted molar refractivity (Wildman–Crippen MR) is 79.1 cm³/mol. The van der Waals surface area contributed by atoms with Crippen molar-refractivity contribution in [2.24, 2.45) is 0 Å². The van der Waals surface area contributed by atoms with E-state index in [1.165, 1.54) is 12.0 Å². The van der Waals surface area contributed by atoms with Crippen LogP contribution in [0.4, 0.5) is 0 Å². The zero-order valence-corrected chi connectivity index (χ0v) is 14.1. The number of nitrogens with zero attached hydrogens (tertiary/aromatic N) is 2. The molecule has 1 N–H and O–H groups in total. The van der Waals surface area contributed by atoms with Crippen LogP contribution in [0.2, 0.25) is 0 Å². The van der Waals surface area contributed by atoms with Gasteiger partial charge in [0.15, 0.2) is 5.69 Å². The molecule has 0 bridgehead atoms. The fourth-order valence-electron chi connectivity index (χ4n) is 2.14. The highest BCUT2D eigenvalue weighted by atomic mass is 35.7. The summed E-state index contributed by atoms with van der Waals surface area (Å²) in [6, 6.07) is -0.208. The maximum atomic E-state index is 12.6. The van der Waals surface area contributed by atoms with Gasteiger partial charge in [-0.15, -0.1) is 0 Å². The second kappa shape index (κ2) is 7.24. The zero-order valence-electron chi connectivity index (χ0n) is 12.5. The molecule has 1 heterocycles. The van der Waals surface area contributed by atoms with Gasteiger partial charge in [-0.05, 0) is 20.3 Å². The molecule has 1 amide bonds. The average Bonchev–Trinajstić information content (AvgIpc) is 2.83. The van der Waals surface area contributed by atoms with E-state index in [9.17, 15) is 13.2 Å². The number of aromatic amines is 1. The quantitative estimate of drug-likeness (QED) is 0.759. The van der Waals surface area contributed by atoms with Crippen LogP contribution in [-0.2, 0) is 20.2 Å². The third kappa shape index (κ3) is 3.96. The molecule has 1 aromatic heterocycles. The van der Waals surface area contributed by atoms with Crippen LogP contribution in [0.25, 0.3) is 0 Å². The first-order chi connectivity index (χ1) is 9.77. The molecule has 1 unspecified atom stereocenters. The molecule has 120 valence electrons. The minimum atomic E-state index is -4.06. The van der Waals surface area contributed by atoms with Crippen LogP contribution in [0.15, 0.2) is 4.90 Å². The third-order valence-electron chi connectivity index (χ3n) is 3.13. The van der Waals surface area contributed by atoms with Crippen LogP contribution in [0, 0.1) is 0 Å². The van der Waals surface area contributed by atoms with Gasteiger partial charge < -0.3 is 9.64 Å². The van der Waals surface area contributed by atoms with Crippen molar-refractivity contribution in [3.05, 3.63) is 11.4 Å². The van der Waals surface area contributed by atoms with Crippen molar-refractivity contribution in [1.29, 1.82) is 0 Å². The average molecular weight is 338 g/mol. The number of nitrogens with one attached hydrogen (secondary N) is 1. The van der Waals surface area contributed by atoms with E-state index in [-0.39, 0.29) is 16.6 Å². The predicted octanol–water partition coefficient (Wildman–Crippen LogP) is 1.40. The molecule has 7 nitrogen and oxygen atoms in total. The summed E-state index contributed by atoms with van der Waals surface area (Å²) in [5.74, 6) is -0.489. The van der Waals surface area contributed by atoms with Crippen LogP contribution in [-0.4, -0.2) is 55.7 Å². The Kier molecular flexibility index (Phi) is 6.18. The molecule has 21 heavy (non-hydrogen) atoms. The molecule has 0 radical (unpaired) electrons. The number of halogens is 1. The Bertz CT molecular complexity index is 600. The van der Waals surface area contributed by atoms with Gasteiger partial charge in [0.25, 0.3) is 15.0 Å². The molecule has 0 saturated heterocycles. The van der Waals surface area contributed by atoms with Gasteiger partial charge in [-0.25, -0.2) is 8.42 Å². The molecule has 0 aliphatic heterocycles. The number of carbonyl (C=O) groups is 1. The summed E-state index contributed by atoms with van der Waals surface area (Å²) in [5, 5.41) is 6.41. The number of likely N-dealkylation sites (N-methyl/N-ethyl adjacent to an activating group) is 1. The summed E-state index contributed by atoms with van der Waals surface area (Å²) in [6.45, 7) is 6.10. The van der Waals surface area contributed by atoms with Crippen LogP contribution in [0.1, 0.15) is 37.0 Å². The fourth-order valence-corrected chi connectivity index (χ4v) is 3.48. The molecule has 1 atom stereocenters. The van der Waals surface area contributed by atoms with Crippen LogP contribution >= 0.6 is 10.7 Å². The second-order valence-corrected chi connectivity index (χ2v) is 7.07. The monoisotopic (exact) mass is 337 g/mol. The summed E-state index contributed by atoms with van der Waals surface area (Å²) in [6.07, 6.45) is 0.376. The first-order valence-corrected chi connectivity index (χ1v) is 8.90. The van der Waals surface area contributed by atoms with E-state index in [2.05, 4.69) is 10.2 Å². The molecule has 0 saturated carbocycles. The van der Waals surface area contributed by atoms with E-state index in [0.29, 0.717) is 25.3 Å². The normalized spacial score (nSPS) is 13.2. The minimum absolute atomic E-state index is 0.174. The summed E-state index contributed by atoms with van der Waals surface area (Å²) in [5.41, 5.74) is 0.149. The molecule has 0 aromatic carbocycles. The van der Waals surface area contributed by atoms with Gasteiger partial charge in [0.1, 0.15) is 4.90 Å². The molecule has 9 heteroatoms. The number of methoxy groups -OCH3 is 1. The van der Waals surface area contributed by atoms with Crippen molar-refractivity contribution in [2.45, 2.75) is 38.1 Å². The maximum Gasteiger partial charge on any atom is 0.276 e. The van der Waals surface area contributed by atoms with Gasteiger partial charge in [0.2, 0.25) is 0 Å². The van der Waals surface area contributed by atoms with Gasteiger partial charge in [-0.2, -0.15) is 5.10 Å². The van der Waals surface area contributed by atoms with Crippen LogP contribution < -0.4 is 0 Å². The van der Waals surface area contributed by atoms with E-state index < -0.39 is 15.0 Å². The van der Waals surface area contributed by atoms with E-state index in [1.54, 1.807) is 13.8 Å². The smallest absolute Gasteiger partial charge is 0.276 e. The first kappa shape index (κ1) is 17.9. The Balaban J connectivity index is 3.27.